The Hall–Kier alpha value is -1.56. The van der Waals surface area contributed by atoms with Gasteiger partial charge in [-0.25, -0.2) is 0 Å². The Balaban J connectivity index is 2.70. The van der Waals surface area contributed by atoms with E-state index in [0.717, 1.165) is 0 Å². The maximum absolute atomic E-state index is 2.48. The molecule has 0 heterocycles. The molecule has 0 saturated carbocycles. The summed E-state index contributed by atoms with van der Waals surface area (Å²) in [6.45, 7) is 11.5. The Morgan fingerprint density at radius 1 is 0.750 bits per heavy atom. The van der Waals surface area contributed by atoms with Crippen molar-refractivity contribution in [1.82, 2.24) is 0 Å². The van der Waals surface area contributed by atoms with Crippen molar-refractivity contribution >= 4 is 0 Å². The van der Waals surface area contributed by atoms with E-state index in [9.17, 15) is 0 Å². The number of rotatable bonds is 8. The Bertz CT molecular complexity index is 622. The monoisotopic (exact) mass is 322 g/mol. The summed E-state index contributed by atoms with van der Waals surface area (Å²) in [5.41, 5.74) is 9.11. The van der Waals surface area contributed by atoms with Crippen LogP contribution in [-0.4, -0.2) is 0 Å². The molecule has 0 saturated heterocycles. The van der Waals surface area contributed by atoms with Gasteiger partial charge >= 0.3 is 0 Å². The molecule has 0 aliphatic rings. The average molecular weight is 323 g/mol. The molecule has 24 heavy (non-hydrogen) atoms. The first-order valence-corrected chi connectivity index (χ1v) is 9.86. The second-order valence-electron chi connectivity index (χ2n) is 7.28. The third-order valence-electron chi connectivity index (χ3n) is 4.79. The zero-order valence-electron chi connectivity index (χ0n) is 16.3. The van der Waals surface area contributed by atoms with Crippen molar-refractivity contribution in [2.45, 2.75) is 79.1 Å². The zero-order chi connectivity index (χ0) is 17.5. The molecule has 2 aromatic rings. The molecule has 0 fully saturated rings. The predicted molar refractivity (Wildman–Crippen MR) is 108 cm³/mol. The highest BCUT2D eigenvalue weighted by atomic mass is 14.2. The van der Waals surface area contributed by atoms with Gasteiger partial charge in [-0.1, -0.05) is 90.3 Å². The quantitative estimate of drug-likeness (QED) is 0.477. The summed E-state index contributed by atoms with van der Waals surface area (Å²) in [4.78, 5) is 0. The van der Waals surface area contributed by atoms with Gasteiger partial charge in [-0.2, -0.15) is 0 Å². The van der Waals surface area contributed by atoms with Crippen LogP contribution in [0.25, 0.3) is 11.1 Å². The molecule has 2 aromatic carbocycles. The average Bonchev–Trinajstić information content (AvgIpc) is 2.56. The highest BCUT2D eigenvalue weighted by Crippen LogP contribution is 2.36. The van der Waals surface area contributed by atoms with E-state index in [2.05, 4.69) is 71.0 Å². The SMILES string of the molecule is CCCc1cc(CCC)c(-c2ccccc2C(C)C)c(CCC)c1. The smallest absolute Gasteiger partial charge is 0.0117 e. The topological polar surface area (TPSA) is 0 Å². The summed E-state index contributed by atoms with van der Waals surface area (Å²) in [5, 5.41) is 0. The molecule has 0 heteroatoms. The van der Waals surface area contributed by atoms with E-state index in [1.807, 2.05) is 0 Å². The summed E-state index contributed by atoms with van der Waals surface area (Å²) < 4.78 is 0. The van der Waals surface area contributed by atoms with E-state index >= 15 is 0 Å². The molecule has 130 valence electrons. The normalized spacial score (nSPS) is 11.2. The molecule has 0 nitrogen and oxygen atoms in total. The van der Waals surface area contributed by atoms with Gasteiger partial charge in [-0.3, -0.25) is 0 Å². The second-order valence-corrected chi connectivity index (χ2v) is 7.28. The van der Waals surface area contributed by atoms with Gasteiger partial charge in [0.25, 0.3) is 0 Å². The van der Waals surface area contributed by atoms with Crippen molar-refractivity contribution in [2.24, 2.45) is 0 Å². The van der Waals surface area contributed by atoms with Crippen molar-refractivity contribution < 1.29 is 0 Å². The highest BCUT2D eigenvalue weighted by Gasteiger charge is 2.16. The molecule has 0 bridgehead atoms. The van der Waals surface area contributed by atoms with Crippen molar-refractivity contribution in [1.29, 1.82) is 0 Å². The fourth-order valence-electron chi connectivity index (χ4n) is 3.78. The highest BCUT2D eigenvalue weighted by molar-refractivity contribution is 5.75. The van der Waals surface area contributed by atoms with Gasteiger partial charge in [0.1, 0.15) is 0 Å². The van der Waals surface area contributed by atoms with E-state index in [1.54, 1.807) is 11.1 Å². The lowest BCUT2D eigenvalue weighted by molar-refractivity contribution is 0.858. The van der Waals surface area contributed by atoms with Crippen LogP contribution in [0.3, 0.4) is 0 Å². The van der Waals surface area contributed by atoms with Crippen LogP contribution < -0.4 is 0 Å². The van der Waals surface area contributed by atoms with Crippen LogP contribution in [0.4, 0.5) is 0 Å². The Morgan fingerprint density at radius 2 is 1.29 bits per heavy atom. The molecule has 0 amide bonds. The number of hydrogen-bond donors (Lipinski definition) is 0. The molecular formula is C24H34. The van der Waals surface area contributed by atoms with Crippen LogP contribution in [0.15, 0.2) is 36.4 Å². The lowest BCUT2D eigenvalue weighted by Crippen LogP contribution is -2.02. The summed E-state index contributed by atoms with van der Waals surface area (Å²) in [6, 6.07) is 14.0. The third kappa shape index (κ3) is 4.29. The first kappa shape index (κ1) is 18.8. The second kappa shape index (κ2) is 9.06. The van der Waals surface area contributed by atoms with Gasteiger partial charge in [0.2, 0.25) is 0 Å². The number of benzene rings is 2. The predicted octanol–water partition coefficient (Wildman–Crippen LogP) is 7.33. The molecule has 0 aliphatic heterocycles. The maximum Gasteiger partial charge on any atom is -0.0117 e. The summed E-state index contributed by atoms with van der Waals surface area (Å²) >= 11 is 0. The first-order valence-electron chi connectivity index (χ1n) is 9.86. The molecule has 2 rings (SSSR count). The van der Waals surface area contributed by atoms with Crippen LogP contribution in [0.1, 0.15) is 82.1 Å². The Morgan fingerprint density at radius 3 is 1.79 bits per heavy atom. The molecule has 0 unspecified atom stereocenters. The van der Waals surface area contributed by atoms with Gasteiger partial charge in [0.05, 0.1) is 0 Å². The van der Waals surface area contributed by atoms with Crippen LogP contribution in [0.2, 0.25) is 0 Å². The van der Waals surface area contributed by atoms with Crippen molar-refractivity contribution in [3.63, 3.8) is 0 Å². The summed E-state index contributed by atoms with van der Waals surface area (Å²) in [6.07, 6.45) is 7.18. The summed E-state index contributed by atoms with van der Waals surface area (Å²) in [7, 11) is 0. The largest absolute Gasteiger partial charge is 0.0651 e. The first-order chi connectivity index (χ1) is 11.6. The minimum absolute atomic E-state index is 0.556. The van der Waals surface area contributed by atoms with Gasteiger partial charge in [-0.15, -0.1) is 0 Å². The van der Waals surface area contributed by atoms with Crippen LogP contribution in [0, 0.1) is 0 Å². The molecule has 0 spiro atoms. The van der Waals surface area contributed by atoms with Gasteiger partial charge in [0, 0.05) is 0 Å². The summed E-state index contributed by atoms with van der Waals surface area (Å²) in [5.74, 6) is 0.556. The molecule has 0 radical (unpaired) electrons. The van der Waals surface area contributed by atoms with E-state index in [0.29, 0.717) is 5.92 Å². The molecular weight excluding hydrogens is 288 g/mol. The van der Waals surface area contributed by atoms with Gasteiger partial charge in [-0.05, 0) is 58.6 Å². The standard InChI is InChI=1S/C24H34/c1-6-11-19-16-20(12-7-2)24(21(17-19)13-8-3)23-15-10-9-14-22(23)18(4)5/h9-10,14-18H,6-8,11-13H2,1-5H3. The Kier molecular flexibility index (Phi) is 7.09. The zero-order valence-corrected chi connectivity index (χ0v) is 16.3. The van der Waals surface area contributed by atoms with E-state index in [1.165, 1.54) is 60.8 Å². The van der Waals surface area contributed by atoms with E-state index < -0.39 is 0 Å². The molecule has 0 atom stereocenters. The van der Waals surface area contributed by atoms with E-state index in [4.69, 9.17) is 0 Å². The lowest BCUT2D eigenvalue weighted by atomic mass is 9.83. The maximum atomic E-state index is 2.48. The fourth-order valence-corrected chi connectivity index (χ4v) is 3.78. The van der Waals surface area contributed by atoms with Gasteiger partial charge < -0.3 is 0 Å². The Labute approximate surface area is 149 Å². The fraction of sp³-hybridized carbons (Fsp3) is 0.500. The van der Waals surface area contributed by atoms with Crippen LogP contribution >= 0.6 is 0 Å². The number of hydrogen-bond acceptors (Lipinski definition) is 0. The number of aryl methyl sites for hydroxylation is 3. The molecule has 0 aliphatic carbocycles. The molecule has 0 aromatic heterocycles. The van der Waals surface area contributed by atoms with Crippen molar-refractivity contribution in [3.05, 3.63) is 58.7 Å². The van der Waals surface area contributed by atoms with E-state index in [-0.39, 0.29) is 0 Å². The van der Waals surface area contributed by atoms with Crippen LogP contribution in [0.5, 0.6) is 0 Å². The minimum Gasteiger partial charge on any atom is -0.0651 e. The van der Waals surface area contributed by atoms with Crippen LogP contribution in [-0.2, 0) is 19.3 Å². The lowest BCUT2D eigenvalue weighted by Gasteiger charge is -2.21. The molecule has 0 N–H and O–H groups in total. The third-order valence-corrected chi connectivity index (χ3v) is 4.79. The van der Waals surface area contributed by atoms with Crippen molar-refractivity contribution in [2.75, 3.05) is 0 Å². The van der Waals surface area contributed by atoms with Crippen molar-refractivity contribution in [3.8, 4) is 11.1 Å². The van der Waals surface area contributed by atoms with Gasteiger partial charge in [0.15, 0.2) is 0 Å². The minimum atomic E-state index is 0.556.